The fraction of sp³-hybridized carbons (Fsp3) is 0.385. The maximum Gasteiger partial charge on any atom is 0.299 e. The van der Waals surface area contributed by atoms with Crippen molar-refractivity contribution in [3.05, 3.63) is 29.3 Å². The van der Waals surface area contributed by atoms with Crippen LogP contribution in [0.2, 0.25) is 0 Å². The van der Waals surface area contributed by atoms with Gasteiger partial charge in [-0.15, -0.1) is 0 Å². The molecule has 6 heteroatoms. The van der Waals surface area contributed by atoms with E-state index in [2.05, 4.69) is 21.3 Å². The Kier molecular flexibility index (Phi) is 5.36. The van der Waals surface area contributed by atoms with E-state index in [1.165, 1.54) is 0 Å². The number of benzene rings is 1. The zero-order valence-corrected chi connectivity index (χ0v) is 12.1. The van der Waals surface area contributed by atoms with Gasteiger partial charge in [0.15, 0.2) is 0 Å². The van der Waals surface area contributed by atoms with Crippen LogP contribution in [0.1, 0.15) is 25.0 Å². The van der Waals surface area contributed by atoms with Crippen LogP contribution in [0.4, 0.5) is 5.69 Å². The highest BCUT2D eigenvalue weighted by Gasteiger charge is 2.11. The van der Waals surface area contributed by atoms with Gasteiger partial charge in [0.2, 0.25) is 0 Å². The van der Waals surface area contributed by atoms with Crippen molar-refractivity contribution in [3.8, 4) is 11.8 Å². The fourth-order valence-corrected chi connectivity index (χ4v) is 2.58. The highest BCUT2D eigenvalue weighted by molar-refractivity contribution is 7.90. The molecule has 0 aliphatic heterocycles. The third-order valence-corrected chi connectivity index (χ3v) is 3.49. The van der Waals surface area contributed by atoms with Crippen molar-refractivity contribution in [2.45, 2.75) is 26.8 Å². The molecule has 0 saturated carbocycles. The maximum absolute atomic E-state index is 11.7. The van der Waals surface area contributed by atoms with Gasteiger partial charge >= 0.3 is 0 Å². The molecule has 104 valence electrons. The Morgan fingerprint density at radius 1 is 1.37 bits per heavy atom. The smallest absolute Gasteiger partial charge is 0.299 e. The summed E-state index contributed by atoms with van der Waals surface area (Å²) in [6, 6.07) is 5.04. The third-order valence-electron chi connectivity index (χ3n) is 2.21. The van der Waals surface area contributed by atoms with Gasteiger partial charge in [0.05, 0.1) is 12.2 Å². The molecule has 1 aromatic rings. The number of nitrogens with one attached hydrogen (secondary N) is 2. The third kappa shape index (κ3) is 5.30. The van der Waals surface area contributed by atoms with E-state index in [0.29, 0.717) is 5.69 Å². The number of aryl methyl sites for hydroxylation is 1. The summed E-state index contributed by atoms with van der Waals surface area (Å²) in [6.07, 6.45) is 0. The number of rotatable bonds is 4. The lowest BCUT2D eigenvalue weighted by molar-refractivity contribution is 0.575. The predicted molar refractivity (Wildman–Crippen MR) is 77.9 cm³/mol. The molecule has 0 fully saturated rings. The molecule has 0 heterocycles. The van der Waals surface area contributed by atoms with E-state index >= 15 is 0 Å². The van der Waals surface area contributed by atoms with Crippen LogP contribution in [0.3, 0.4) is 0 Å². The highest BCUT2D eigenvalue weighted by atomic mass is 32.2. The van der Waals surface area contributed by atoms with Gasteiger partial charge in [0.25, 0.3) is 10.2 Å². The monoisotopic (exact) mass is 281 g/mol. The Labute approximate surface area is 114 Å². The molecule has 0 bridgehead atoms. The summed E-state index contributed by atoms with van der Waals surface area (Å²) in [5.74, 6) is 5.66. The first-order valence-corrected chi connectivity index (χ1v) is 7.42. The topological polar surface area (TPSA) is 84.2 Å². The molecule has 0 atom stereocenters. The summed E-state index contributed by atoms with van der Waals surface area (Å²) in [6.45, 7) is 5.69. The molecule has 0 spiro atoms. The Bertz CT molecular complexity index is 598. The molecule has 4 N–H and O–H groups in total. The van der Waals surface area contributed by atoms with E-state index in [9.17, 15) is 8.42 Å². The Morgan fingerprint density at radius 2 is 2.05 bits per heavy atom. The molecule has 19 heavy (non-hydrogen) atoms. The molecule has 0 radical (unpaired) electrons. The number of anilines is 1. The van der Waals surface area contributed by atoms with Gasteiger partial charge in [0.1, 0.15) is 0 Å². The van der Waals surface area contributed by atoms with Crippen LogP contribution in [-0.4, -0.2) is 21.0 Å². The van der Waals surface area contributed by atoms with E-state index in [1.807, 2.05) is 13.0 Å². The van der Waals surface area contributed by atoms with E-state index in [1.54, 1.807) is 26.0 Å². The molecule has 0 aliphatic carbocycles. The lowest BCUT2D eigenvalue weighted by Gasteiger charge is -2.12. The van der Waals surface area contributed by atoms with Crippen molar-refractivity contribution >= 4 is 15.9 Å². The van der Waals surface area contributed by atoms with Gasteiger partial charge in [-0.3, -0.25) is 4.72 Å². The molecular weight excluding hydrogens is 262 g/mol. The Morgan fingerprint density at radius 3 is 2.63 bits per heavy atom. The quantitative estimate of drug-likeness (QED) is 0.719. The minimum Gasteiger partial charge on any atom is -0.320 e. The highest BCUT2D eigenvalue weighted by Crippen LogP contribution is 2.15. The molecule has 0 unspecified atom stereocenters. The molecule has 5 nitrogen and oxygen atoms in total. The second-order valence-corrected chi connectivity index (χ2v) is 5.86. The van der Waals surface area contributed by atoms with Crippen LogP contribution in [-0.2, 0) is 10.2 Å². The van der Waals surface area contributed by atoms with Gasteiger partial charge in [-0.2, -0.15) is 13.1 Å². The van der Waals surface area contributed by atoms with Crippen LogP contribution < -0.4 is 15.2 Å². The first kappa shape index (κ1) is 15.5. The van der Waals surface area contributed by atoms with E-state index < -0.39 is 10.2 Å². The SMILES string of the molecule is Cc1ccc(NS(=O)(=O)NC(C)C)cc1C#CCN. The summed E-state index contributed by atoms with van der Waals surface area (Å²) >= 11 is 0. The van der Waals surface area contributed by atoms with Crippen molar-refractivity contribution in [2.24, 2.45) is 5.73 Å². The summed E-state index contributed by atoms with van der Waals surface area (Å²) in [5.41, 5.74) is 7.53. The number of hydrogen-bond donors (Lipinski definition) is 3. The van der Waals surface area contributed by atoms with Crippen LogP contribution in [0.15, 0.2) is 18.2 Å². The minimum absolute atomic E-state index is 0.167. The average Bonchev–Trinajstić information content (AvgIpc) is 2.27. The predicted octanol–water partition coefficient (Wildman–Crippen LogP) is 0.960. The van der Waals surface area contributed by atoms with Crippen molar-refractivity contribution < 1.29 is 8.42 Å². The normalized spacial score (nSPS) is 11.0. The first-order chi connectivity index (χ1) is 8.84. The van der Waals surface area contributed by atoms with Crippen molar-refractivity contribution in [3.63, 3.8) is 0 Å². The fourth-order valence-electron chi connectivity index (χ4n) is 1.46. The van der Waals surface area contributed by atoms with Gasteiger partial charge in [-0.1, -0.05) is 17.9 Å². The summed E-state index contributed by atoms with van der Waals surface area (Å²) in [5, 5.41) is 0. The molecule has 0 amide bonds. The zero-order valence-electron chi connectivity index (χ0n) is 11.3. The Balaban J connectivity index is 2.97. The summed E-state index contributed by atoms with van der Waals surface area (Å²) in [7, 11) is -3.56. The summed E-state index contributed by atoms with van der Waals surface area (Å²) < 4.78 is 28.4. The maximum atomic E-state index is 11.7. The van der Waals surface area contributed by atoms with Gasteiger partial charge in [-0.25, -0.2) is 0 Å². The lowest BCUT2D eigenvalue weighted by Crippen LogP contribution is -2.35. The van der Waals surface area contributed by atoms with Crippen LogP contribution in [0.5, 0.6) is 0 Å². The number of nitrogens with two attached hydrogens (primary N) is 1. The largest absolute Gasteiger partial charge is 0.320 e. The minimum atomic E-state index is -3.56. The van der Waals surface area contributed by atoms with Crippen molar-refractivity contribution in [1.29, 1.82) is 0 Å². The van der Waals surface area contributed by atoms with Crippen molar-refractivity contribution in [1.82, 2.24) is 4.72 Å². The second kappa shape index (κ2) is 6.57. The van der Waals surface area contributed by atoms with Crippen LogP contribution >= 0.6 is 0 Å². The van der Waals surface area contributed by atoms with E-state index in [4.69, 9.17) is 5.73 Å². The lowest BCUT2D eigenvalue weighted by atomic mass is 10.1. The van der Waals surface area contributed by atoms with Crippen molar-refractivity contribution in [2.75, 3.05) is 11.3 Å². The molecule has 1 rings (SSSR count). The molecular formula is C13H19N3O2S. The average molecular weight is 281 g/mol. The summed E-state index contributed by atoms with van der Waals surface area (Å²) in [4.78, 5) is 0. The second-order valence-electron chi connectivity index (χ2n) is 4.41. The molecule has 0 saturated heterocycles. The van der Waals surface area contributed by atoms with Gasteiger partial charge in [0, 0.05) is 11.6 Å². The van der Waals surface area contributed by atoms with Gasteiger partial charge in [-0.05, 0) is 38.5 Å². The van der Waals surface area contributed by atoms with Gasteiger partial charge < -0.3 is 5.73 Å². The molecule has 1 aromatic carbocycles. The van der Waals surface area contributed by atoms with Crippen LogP contribution in [0.25, 0.3) is 0 Å². The molecule has 0 aromatic heterocycles. The number of hydrogen-bond acceptors (Lipinski definition) is 3. The molecule has 0 aliphatic rings. The Hall–Kier alpha value is -1.55. The van der Waals surface area contributed by atoms with E-state index in [0.717, 1.165) is 11.1 Å². The van der Waals surface area contributed by atoms with E-state index in [-0.39, 0.29) is 12.6 Å². The van der Waals surface area contributed by atoms with Crippen LogP contribution in [0, 0.1) is 18.8 Å². The zero-order chi connectivity index (χ0) is 14.5. The first-order valence-electron chi connectivity index (χ1n) is 5.93. The standard InChI is InChI=1S/C13H19N3O2S/c1-10(2)15-19(17,18)16-13-7-6-11(3)12(9-13)5-4-8-14/h6-7,9-10,15-16H,8,14H2,1-3H3.